The van der Waals surface area contributed by atoms with E-state index < -0.39 is 5.97 Å². The summed E-state index contributed by atoms with van der Waals surface area (Å²) in [5.41, 5.74) is 3.39. The van der Waals surface area contributed by atoms with E-state index in [2.05, 4.69) is 0 Å². The Morgan fingerprint density at radius 3 is 1.85 bits per heavy atom. The summed E-state index contributed by atoms with van der Waals surface area (Å²) in [5.74, 6) is -1.54. The molecule has 0 aliphatic rings. The first kappa shape index (κ1) is 26.8. The molecule has 0 atom stereocenters. The van der Waals surface area contributed by atoms with Crippen molar-refractivity contribution in [3.05, 3.63) is 161 Å². The quantitative estimate of drug-likeness (QED) is 0.162. The van der Waals surface area contributed by atoms with Gasteiger partial charge in [-0.25, -0.2) is 4.79 Å². The summed E-state index contributed by atoms with van der Waals surface area (Å²) in [5, 5.41) is 21.0. The summed E-state index contributed by atoms with van der Waals surface area (Å²) in [7, 11) is 0. The van der Waals surface area contributed by atoms with Gasteiger partial charge in [0.25, 0.3) is 0 Å². The fourth-order valence-electron chi connectivity index (χ4n) is 4.31. The molecule has 2 heterocycles. The van der Waals surface area contributed by atoms with Crippen LogP contribution in [0.15, 0.2) is 154 Å². The van der Waals surface area contributed by atoms with Crippen LogP contribution in [0.1, 0.15) is 11.3 Å². The highest BCUT2D eigenvalue weighted by Gasteiger charge is 2.21. The maximum atomic E-state index is 11.8. The smallest absolute Gasteiger partial charge is 0.343 e. The average Bonchev–Trinajstić information content (AvgIpc) is 3.53. The zero-order valence-electron chi connectivity index (χ0n) is 21.8. The molecule has 6 aromatic rings. The van der Waals surface area contributed by atoms with E-state index in [1.54, 1.807) is 36.4 Å². The number of fused-ring (bicyclic) bond motifs is 1. The number of carboxylic acid groups (broad SMARTS) is 1. The Bertz CT molecular complexity index is 1800. The lowest BCUT2D eigenvalue weighted by Crippen LogP contribution is -2.10. The number of aliphatic hydroxyl groups excluding tert-OH is 1. The lowest BCUT2D eigenvalue weighted by molar-refractivity contribution is -0.130. The van der Waals surface area contributed by atoms with Crippen molar-refractivity contribution in [3.8, 4) is 0 Å². The highest BCUT2D eigenvalue weighted by atomic mass is 16.4. The Balaban J connectivity index is 0.000000255. The highest BCUT2D eigenvalue weighted by molar-refractivity contribution is 6.21. The number of hydrogen-bond acceptors (Lipinski definition) is 6. The van der Waals surface area contributed by atoms with Gasteiger partial charge in [-0.15, -0.1) is 0 Å². The van der Waals surface area contributed by atoms with E-state index in [0.29, 0.717) is 16.5 Å². The molecule has 202 valence electrons. The maximum absolute atomic E-state index is 11.8. The van der Waals surface area contributed by atoms with Crippen molar-refractivity contribution in [2.75, 3.05) is 4.90 Å². The third kappa shape index (κ3) is 6.10. The van der Waals surface area contributed by atoms with Gasteiger partial charge in [-0.05, 0) is 60.7 Å². The number of aliphatic carboxylic acids is 1. The van der Waals surface area contributed by atoms with Crippen LogP contribution in [0.5, 0.6) is 0 Å². The van der Waals surface area contributed by atoms with Crippen LogP contribution in [0.25, 0.3) is 22.3 Å². The molecule has 7 nitrogen and oxygen atoms in total. The van der Waals surface area contributed by atoms with Gasteiger partial charge in [-0.2, -0.15) is 0 Å². The van der Waals surface area contributed by atoms with E-state index in [1.807, 2.05) is 83.8 Å². The number of carbonyl (C=O) groups is 1. The number of anilines is 3. The van der Waals surface area contributed by atoms with Crippen LogP contribution in [-0.4, -0.2) is 16.2 Å². The van der Waals surface area contributed by atoms with Crippen molar-refractivity contribution in [3.63, 3.8) is 0 Å². The molecule has 0 saturated heterocycles. The molecular weight excluding hydrogens is 518 g/mol. The third-order valence-corrected chi connectivity index (χ3v) is 6.19. The predicted octanol–water partition coefficient (Wildman–Crippen LogP) is 8.05. The standard InChI is InChI=1S/C25H19NO4.C9H6O2/c27-24(23(25(28)29)22-15-8-16-30-22)18-9-7-14-21(17-18)26(19-10-3-1-4-11-19)20-12-5-2-6-13-20;10-8-5-6-11-9-4-2-1-3-7(8)9/h1-17,27H,(H,28,29);1-6H. The van der Waals surface area contributed by atoms with Gasteiger partial charge in [0.1, 0.15) is 22.7 Å². The number of hydrogen-bond donors (Lipinski definition) is 2. The molecule has 0 fully saturated rings. The first-order valence-corrected chi connectivity index (χ1v) is 12.7. The minimum Gasteiger partial charge on any atom is -0.506 e. The van der Waals surface area contributed by atoms with Crippen LogP contribution in [-0.2, 0) is 4.79 Å². The molecule has 7 heteroatoms. The number of benzene rings is 4. The van der Waals surface area contributed by atoms with E-state index >= 15 is 0 Å². The first-order chi connectivity index (χ1) is 20.0. The Kier molecular flexibility index (Phi) is 8.07. The van der Waals surface area contributed by atoms with Crippen LogP contribution in [0.4, 0.5) is 17.1 Å². The monoisotopic (exact) mass is 543 g/mol. The van der Waals surface area contributed by atoms with Crippen molar-refractivity contribution in [2.24, 2.45) is 0 Å². The van der Waals surface area contributed by atoms with Crippen molar-refractivity contribution in [1.82, 2.24) is 0 Å². The molecule has 2 aromatic heterocycles. The summed E-state index contributed by atoms with van der Waals surface area (Å²) in [4.78, 5) is 24.9. The SMILES string of the molecule is O=C(O)C(=C(O)c1cccc(N(c2ccccc2)c2ccccc2)c1)c1ccco1.O=c1ccoc2ccccc12. The first-order valence-electron chi connectivity index (χ1n) is 12.7. The van der Waals surface area contributed by atoms with Gasteiger partial charge < -0.3 is 23.9 Å². The van der Waals surface area contributed by atoms with Gasteiger partial charge in [-0.1, -0.05) is 60.7 Å². The molecule has 0 amide bonds. The maximum Gasteiger partial charge on any atom is 0.343 e. The number of rotatable bonds is 6. The number of aliphatic hydroxyl groups is 1. The zero-order valence-corrected chi connectivity index (χ0v) is 21.8. The summed E-state index contributed by atoms with van der Waals surface area (Å²) in [6.45, 7) is 0. The molecular formula is C34H25NO6. The zero-order chi connectivity index (χ0) is 28.6. The number of para-hydroxylation sites is 3. The van der Waals surface area contributed by atoms with Gasteiger partial charge in [0, 0.05) is 28.7 Å². The molecule has 0 aliphatic heterocycles. The van der Waals surface area contributed by atoms with Gasteiger partial charge in [0.05, 0.1) is 17.9 Å². The molecule has 0 aliphatic carbocycles. The number of nitrogens with zero attached hydrogens (tertiary/aromatic N) is 1. The lowest BCUT2D eigenvalue weighted by Gasteiger charge is -2.25. The van der Waals surface area contributed by atoms with Crippen molar-refractivity contribution < 1.29 is 23.8 Å². The summed E-state index contributed by atoms with van der Waals surface area (Å²) in [6.07, 6.45) is 2.78. The average molecular weight is 544 g/mol. The third-order valence-electron chi connectivity index (χ3n) is 6.19. The van der Waals surface area contributed by atoms with Gasteiger partial charge >= 0.3 is 5.97 Å². The fraction of sp³-hybridized carbons (Fsp3) is 0. The van der Waals surface area contributed by atoms with Gasteiger partial charge in [-0.3, -0.25) is 4.79 Å². The van der Waals surface area contributed by atoms with E-state index in [9.17, 15) is 19.8 Å². The minimum absolute atomic E-state index is 0.00634. The van der Waals surface area contributed by atoms with E-state index in [1.165, 1.54) is 24.7 Å². The van der Waals surface area contributed by atoms with Crippen LogP contribution in [0.2, 0.25) is 0 Å². The molecule has 0 bridgehead atoms. The number of furan rings is 1. The topological polar surface area (TPSA) is 104 Å². The Labute approximate surface area is 235 Å². The molecule has 2 N–H and O–H groups in total. The molecule has 0 unspecified atom stereocenters. The van der Waals surface area contributed by atoms with Crippen LogP contribution >= 0.6 is 0 Å². The van der Waals surface area contributed by atoms with Gasteiger partial charge in [0.15, 0.2) is 5.43 Å². The molecule has 0 radical (unpaired) electrons. The molecule has 41 heavy (non-hydrogen) atoms. The molecule has 0 saturated carbocycles. The van der Waals surface area contributed by atoms with Crippen LogP contribution < -0.4 is 10.3 Å². The van der Waals surface area contributed by atoms with E-state index in [4.69, 9.17) is 8.83 Å². The lowest BCUT2D eigenvalue weighted by atomic mass is 10.0. The molecule has 4 aromatic carbocycles. The van der Waals surface area contributed by atoms with Crippen molar-refractivity contribution >= 4 is 45.3 Å². The van der Waals surface area contributed by atoms with Crippen molar-refractivity contribution in [2.45, 2.75) is 0 Å². The minimum atomic E-state index is -1.27. The van der Waals surface area contributed by atoms with E-state index in [-0.39, 0.29) is 22.5 Å². The normalized spacial score (nSPS) is 11.2. The predicted molar refractivity (Wildman–Crippen MR) is 159 cm³/mol. The Morgan fingerprint density at radius 1 is 0.610 bits per heavy atom. The van der Waals surface area contributed by atoms with Crippen LogP contribution in [0.3, 0.4) is 0 Å². The summed E-state index contributed by atoms with van der Waals surface area (Å²) < 4.78 is 10.3. The Hall–Kier alpha value is -5.82. The van der Waals surface area contributed by atoms with E-state index in [0.717, 1.165) is 17.1 Å². The van der Waals surface area contributed by atoms with Crippen LogP contribution in [0, 0.1) is 0 Å². The summed E-state index contributed by atoms with van der Waals surface area (Å²) in [6, 6.07) is 38.4. The largest absolute Gasteiger partial charge is 0.506 e. The second-order valence-electron chi connectivity index (χ2n) is 8.84. The second-order valence-corrected chi connectivity index (χ2v) is 8.84. The molecule has 0 spiro atoms. The molecule has 6 rings (SSSR count). The van der Waals surface area contributed by atoms with Crippen molar-refractivity contribution in [1.29, 1.82) is 0 Å². The second kappa shape index (κ2) is 12.4. The number of carboxylic acids is 1. The fourth-order valence-corrected chi connectivity index (χ4v) is 4.31. The summed E-state index contributed by atoms with van der Waals surface area (Å²) >= 11 is 0. The highest BCUT2D eigenvalue weighted by Crippen LogP contribution is 2.36. The van der Waals surface area contributed by atoms with Gasteiger partial charge in [0.2, 0.25) is 0 Å². The Morgan fingerprint density at radius 2 is 1.24 bits per heavy atom.